The number of hydrogen-bond donors (Lipinski definition) is 0. The summed E-state index contributed by atoms with van der Waals surface area (Å²) in [6.07, 6.45) is 1.72. The zero-order chi connectivity index (χ0) is 14.9. The molecule has 4 aliphatic rings. The van der Waals surface area contributed by atoms with Gasteiger partial charge in [-0.25, -0.2) is 0 Å². The van der Waals surface area contributed by atoms with E-state index in [1.807, 2.05) is 11.4 Å². The lowest BCUT2D eigenvalue weighted by atomic mass is 9.98. The molecular weight excluding hydrogens is 303 g/mol. The first-order chi connectivity index (χ1) is 9.75. The number of hydrogen-bond acceptors (Lipinski definition) is 3. The Morgan fingerprint density at radius 1 is 1.05 bits per heavy atom. The van der Waals surface area contributed by atoms with Crippen molar-refractivity contribution < 1.29 is 14.2 Å². The second-order valence-corrected chi connectivity index (χ2v) is 11.9. The highest BCUT2D eigenvalue weighted by molar-refractivity contribution is 8.56. The second kappa shape index (κ2) is 4.24. The standard InChI is InChI=1S/C16H21O3PS/c1-13-10-15(3)19-14(2,17-13)11-16(4,18-13)20(15)21-12-8-6-5-7-9-12/h5-9H,10-11H2,1-4H3/p+1. The molecule has 0 radical (unpaired) electrons. The van der Waals surface area contributed by atoms with Gasteiger partial charge in [-0.15, -0.1) is 0 Å². The molecule has 0 spiro atoms. The van der Waals surface area contributed by atoms with Crippen molar-refractivity contribution in [3.8, 4) is 0 Å². The van der Waals surface area contributed by atoms with Crippen molar-refractivity contribution in [2.24, 2.45) is 0 Å². The summed E-state index contributed by atoms with van der Waals surface area (Å²) in [5.41, 5.74) is 0. The summed E-state index contributed by atoms with van der Waals surface area (Å²) in [6, 6.07) is 10.6. The quantitative estimate of drug-likeness (QED) is 0.596. The van der Waals surface area contributed by atoms with Crippen LogP contribution in [0.15, 0.2) is 35.2 Å². The van der Waals surface area contributed by atoms with Crippen LogP contribution in [0.1, 0.15) is 40.5 Å². The minimum Gasteiger partial charge on any atom is -0.399 e. The molecule has 0 saturated carbocycles. The van der Waals surface area contributed by atoms with E-state index < -0.39 is 12.9 Å². The van der Waals surface area contributed by atoms with Crippen molar-refractivity contribution in [2.75, 3.05) is 0 Å². The van der Waals surface area contributed by atoms with Crippen molar-refractivity contribution >= 4 is 18.5 Å². The molecule has 21 heavy (non-hydrogen) atoms. The van der Waals surface area contributed by atoms with Crippen molar-refractivity contribution in [2.45, 2.75) is 67.7 Å². The van der Waals surface area contributed by atoms with Crippen LogP contribution in [0.3, 0.4) is 0 Å². The average Bonchev–Trinajstić information content (AvgIpc) is 2.31. The summed E-state index contributed by atoms with van der Waals surface area (Å²) in [4.78, 5) is 1.31. The highest BCUT2D eigenvalue weighted by atomic mass is 32.7. The fourth-order valence-electron chi connectivity index (χ4n) is 4.45. The van der Waals surface area contributed by atoms with E-state index in [1.54, 1.807) is 0 Å². The zero-order valence-electron chi connectivity index (χ0n) is 12.9. The Morgan fingerprint density at radius 3 is 2.38 bits per heavy atom. The van der Waals surface area contributed by atoms with Crippen molar-refractivity contribution in [1.82, 2.24) is 0 Å². The number of aliphatic hydroxyl groups is 2. The van der Waals surface area contributed by atoms with Crippen molar-refractivity contribution in [3.63, 3.8) is 0 Å². The van der Waals surface area contributed by atoms with Gasteiger partial charge >= 0.3 is 0 Å². The van der Waals surface area contributed by atoms with Crippen LogP contribution in [0.2, 0.25) is 0 Å². The SMILES string of the molecule is CC12CC3(C)[OH+]C(C)(CC(C)(O1)P3Sc1ccccc1)O2. The lowest BCUT2D eigenvalue weighted by Crippen LogP contribution is -2.72. The number of benzene rings is 1. The first-order valence-electron chi connectivity index (χ1n) is 7.42. The third-order valence-corrected chi connectivity index (χ3v) is 10.9. The van der Waals surface area contributed by atoms with E-state index in [9.17, 15) is 0 Å². The van der Waals surface area contributed by atoms with Crippen molar-refractivity contribution in [1.29, 1.82) is 0 Å². The molecule has 3 nitrogen and oxygen atoms in total. The molecule has 1 aromatic rings. The van der Waals surface area contributed by atoms with Gasteiger partial charge in [0.25, 0.3) is 5.79 Å². The molecule has 5 rings (SSSR count). The Kier molecular flexibility index (Phi) is 2.92. The molecule has 0 aromatic heterocycles. The van der Waals surface area contributed by atoms with E-state index in [0.717, 1.165) is 12.8 Å². The summed E-state index contributed by atoms with van der Waals surface area (Å²) < 4.78 is 17.7. The van der Waals surface area contributed by atoms with Crippen LogP contribution in [0.4, 0.5) is 0 Å². The summed E-state index contributed by atoms with van der Waals surface area (Å²) in [6.45, 7) is 8.76. The van der Waals surface area contributed by atoms with Gasteiger partial charge in [0.1, 0.15) is 5.34 Å². The molecule has 0 aliphatic carbocycles. The topological polar surface area (TPSA) is 31.3 Å². The molecule has 1 aromatic carbocycles. The van der Waals surface area contributed by atoms with Gasteiger partial charge in [-0.3, -0.25) is 4.74 Å². The van der Waals surface area contributed by atoms with Gasteiger partial charge < -0.3 is 9.47 Å². The van der Waals surface area contributed by atoms with Crippen LogP contribution in [-0.4, -0.2) is 27.0 Å². The first-order valence-corrected chi connectivity index (χ1v) is 10.2. The van der Waals surface area contributed by atoms with E-state index in [1.165, 1.54) is 4.90 Å². The maximum absolute atomic E-state index is 6.44. The summed E-state index contributed by atoms with van der Waals surface area (Å²) in [5, 5.41) is -0.171. The molecule has 5 heteroatoms. The Hall–Kier alpha value is -0.120. The van der Waals surface area contributed by atoms with Gasteiger partial charge in [0, 0.05) is 18.7 Å². The van der Waals surface area contributed by atoms with Crippen LogP contribution in [0.25, 0.3) is 0 Å². The molecule has 4 bridgehead atoms. The fraction of sp³-hybridized carbons (Fsp3) is 0.625. The molecule has 5 atom stereocenters. The zero-order valence-corrected chi connectivity index (χ0v) is 14.6. The monoisotopic (exact) mass is 325 g/mol. The lowest BCUT2D eigenvalue weighted by molar-refractivity contribution is -0.514. The highest BCUT2D eigenvalue weighted by Gasteiger charge is 2.75. The van der Waals surface area contributed by atoms with E-state index >= 15 is 0 Å². The molecular formula is C16H22O3PS+. The Bertz CT molecular complexity index is 534. The molecule has 5 unspecified atom stereocenters. The van der Waals surface area contributed by atoms with Gasteiger partial charge in [0.15, 0.2) is 11.1 Å². The normalized spacial score (nSPS) is 51.3. The van der Waals surface area contributed by atoms with E-state index in [2.05, 4.69) is 58.0 Å². The third-order valence-electron chi connectivity index (χ3n) is 4.47. The lowest BCUT2D eigenvalue weighted by Gasteiger charge is -2.65. The van der Waals surface area contributed by atoms with Crippen LogP contribution < -0.4 is 0 Å². The van der Waals surface area contributed by atoms with Crippen molar-refractivity contribution in [3.05, 3.63) is 30.3 Å². The Morgan fingerprint density at radius 2 is 1.76 bits per heavy atom. The van der Waals surface area contributed by atoms with Gasteiger partial charge in [-0.05, 0) is 26.0 Å². The minimum atomic E-state index is -0.478. The number of ether oxygens (including phenoxy) is 3. The van der Waals surface area contributed by atoms with Gasteiger partial charge in [-0.2, -0.15) is 0 Å². The van der Waals surface area contributed by atoms with E-state index in [4.69, 9.17) is 14.2 Å². The Labute approximate surface area is 131 Å². The van der Waals surface area contributed by atoms with Crippen LogP contribution in [-0.2, 0) is 9.47 Å². The van der Waals surface area contributed by atoms with Gasteiger partial charge in [0.2, 0.25) is 0 Å². The molecule has 4 fully saturated rings. The largest absolute Gasteiger partial charge is 0.399 e. The van der Waals surface area contributed by atoms with Crippen LogP contribution >= 0.6 is 18.5 Å². The molecule has 4 saturated heterocycles. The average molecular weight is 325 g/mol. The van der Waals surface area contributed by atoms with E-state index in [0.29, 0.717) is 0 Å². The molecule has 0 amide bonds. The number of rotatable bonds is 2. The molecule has 4 heterocycles. The fourth-order valence-corrected chi connectivity index (χ4v) is 10.6. The third kappa shape index (κ3) is 2.19. The smallest absolute Gasteiger partial charge is 0.277 e. The van der Waals surface area contributed by atoms with Crippen LogP contribution in [0, 0.1) is 0 Å². The highest BCUT2D eigenvalue weighted by Crippen LogP contribution is 2.81. The van der Waals surface area contributed by atoms with Gasteiger partial charge in [0.05, 0.1) is 20.0 Å². The van der Waals surface area contributed by atoms with Crippen LogP contribution in [0.5, 0.6) is 0 Å². The first kappa shape index (κ1) is 14.5. The van der Waals surface area contributed by atoms with Gasteiger partial charge in [-0.1, -0.05) is 29.6 Å². The second-order valence-electron chi connectivity index (χ2n) is 7.07. The Balaban J connectivity index is 1.73. The summed E-state index contributed by atoms with van der Waals surface area (Å²) in [5.74, 6) is -0.862. The molecule has 4 aliphatic heterocycles. The molecule has 1 N–H and O–H groups in total. The maximum atomic E-state index is 6.44. The predicted molar refractivity (Wildman–Crippen MR) is 86.5 cm³/mol. The minimum absolute atomic E-state index is 0.0388. The summed E-state index contributed by atoms with van der Waals surface area (Å²) in [7, 11) is -0.462. The maximum Gasteiger partial charge on any atom is 0.277 e. The summed E-state index contributed by atoms with van der Waals surface area (Å²) >= 11 is 1.96. The van der Waals surface area contributed by atoms with E-state index in [-0.39, 0.29) is 16.5 Å². The molecule has 114 valence electrons. The predicted octanol–water partition coefficient (Wildman–Crippen LogP) is 4.42.